The van der Waals surface area contributed by atoms with E-state index in [1.54, 1.807) is 0 Å². The van der Waals surface area contributed by atoms with E-state index in [0.717, 1.165) is 0 Å². The van der Waals surface area contributed by atoms with Crippen molar-refractivity contribution in [2.75, 3.05) is 0 Å². The molecule has 0 radical (unpaired) electrons. The van der Waals surface area contributed by atoms with E-state index in [2.05, 4.69) is 19.9 Å². The fraction of sp³-hybridized carbons (Fsp3) is 0.421. The SMILES string of the molecule is FC(F)(F)C(F)(F)C(F)(F)C(F)(F)C(F)(F)C(F)(F)C(F)(F)C(F)(F)c1ccc(-c2c3nc(c(-c4ccc(C(F)(F)C(F)(F)C(F)(F)C(F)(F)C(F)(F)C(F)(F)C(F)(F)C(F)(F)F)cc4)c4ccc([nH]4)c(-c4ccc(C(F)(F)C(F)(F)C(F)(F)C(F)(F)C(F)(F)C(F)(F)C(F)(F)C(F)(F)F)cc4)c4nc(c(-c5ccc(C(F)(F)C(F)(F)C(F)(F)C(F)(F)C(F)(F)C(F)(F)C(F)(F)C(F)(F)F)cc5)c5ccc2[nH]5)C=C4)C=C3)cc1. The van der Waals surface area contributed by atoms with E-state index < -0.39 is 351 Å². The van der Waals surface area contributed by atoms with Crippen LogP contribution in [0.1, 0.15) is 45.0 Å². The smallest absolute Gasteiger partial charge is 0.354 e. The maximum Gasteiger partial charge on any atom is 0.460 e. The Kier molecular flexibility index (Phi) is 27.7. The Morgan fingerprint density at radius 2 is 0.236 bits per heavy atom. The predicted molar refractivity (Wildman–Crippen MR) is 359 cm³/mol. The van der Waals surface area contributed by atoms with Gasteiger partial charge in [0.1, 0.15) is 0 Å². The van der Waals surface area contributed by atoms with Crippen LogP contribution < -0.4 is 0 Å². The quantitative estimate of drug-likeness (QED) is 0.0413. The third-order valence-corrected chi connectivity index (χ3v) is 21.8. The summed E-state index contributed by atoms with van der Waals surface area (Å²) < 4.78 is 987. The molecule has 5 heterocycles. The zero-order valence-electron chi connectivity index (χ0n) is 67.5. The highest BCUT2D eigenvalue weighted by Gasteiger charge is 3.01. The van der Waals surface area contributed by atoms with Gasteiger partial charge in [0, 0.05) is 66.6 Å². The first kappa shape index (κ1) is 120. The molecule has 826 valence electrons. The van der Waals surface area contributed by atoms with Crippen molar-refractivity contribution in [2.45, 2.75) is 191 Å². The molecule has 148 heavy (non-hydrogen) atoms. The molecule has 2 aliphatic rings. The van der Waals surface area contributed by atoms with Crippen LogP contribution >= 0.6 is 0 Å². The van der Waals surface area contributed by atoms with Crippen LogP contribution in [0.25, 0.3) is 90.9 Å². The first-order valence-electron chi connectivity index (χ1n) is 36.7. The highest BCUT2D eigenvalue weighted by molar-refractivity contribution is 6.00. The van der Waals surface area contributed by atoms with Crippen LogP contribution in [0.5, 0.6) is 0 Å². The van der Waals surface area contributed by atoms with Gasteiger partial charge >= 0.3 is 191 Å². The molecule has 0 fully saturated rings. The predicted octanol–water partition coefficient (Wildman–Crippen LogP) is 33.2. The molecule has 0 aliphatic carbocycles. The first-order chi connectivity index (χ1) is 65.2. The largest absolute Gasteiger partial charge is 0.460 e. The topological polar surface area (TPSA) is 57.4 Å². The number of nitrogens with zero attached hydrogens (tertiary/aromatic N) is 2. The minimum atomic E-state index is -9.32. The fourth-order valence-electron chi connectivity index (χ4n) is 13.2. The standard InChI is InChI=1S/C76H26F68N4/c77-45(78,49(85,86)53(93,94)57(101,102)61(109,110)65(117,118)69(125,126)73(133,134)135)29-9-1-25(2-10-29)41-33-17-19-35(145-33)42(26-3-11-30(12-4-26)46(79,80)50(87,88)54(95,96)58(103,104)62(111,112)66(119,120)70(127,128)74(136,137)138)37-21-23-39(147-37)44(28-7-15-32(16-8-28)48(83,84)52(91,92)56(99,100)60(107,108)64(115,116)68(123,124)72(131,132)76(142,143)144)40-24-22-38(148-40)43(36-20-18-34(41)146-36)27-5-13-31(14-6-27)47(81,82)51(89,90)55(97,98)59(105,106)63(113,114)67(121,122)71(129,130)75(139,140)141/h1-24,145,148H. The highest BCUT2D eigenvalue weighted by Crippen LogP contribution is 2.72. The van der Waals surface area contributed by atoms with Gasteiger partial charge in [-0.15, -0.1) is 0 Å². The van der Waals surface area contributed by atoms with Gasteiger partial charge in [0.25, 0.3) is 0 Å². The molecule has 0 spiro atoms. The van der Waals surface area contributed by atoms with E-state index in [9.17, 15) is 193 Å². The maximum atomic E-state index is 16.0. The molecule has 8 bridgehead atoms. The monoisotopic (exact) mass is 2290 g/mol. The molecule has 0 amide bonds. The third-order valence-electron chi connectivity index (χ3n) is 21.8. The van der Waals surface area contributed by atoms with Gasteiger partial charge in [-0.05, 0) is 70.8 Å². The lowest BCUT2D eigenvalue weighted by atomic mass is 9.87. The average molecular weight is 2290 g/mol. The molecule has 2 N–H and O–H groups in total. The minimum Gasteiger partial charge on any atom is -0.354 e. The number of fused-ring (bicyclic) bond motifs is 8. The molecule has 0 saturated heterocycles. The van der Waals surface area contributed by atoms with Gasteiger partial charge in [0.05, 0.1) is 22.8 Å². The number of hydrogen-bond donors (Lipinski definition) is 2. The van der Waals surface area contributed by atoms with Crippen LogP contribution in [0.15, 0.2) is 121 Å². The third kappa shape index (κ3) is 15.9. The normalized spacial score (nSPS) is 15.9. The fourth-order valence-corrected chi connectivity index (χ4v) is 13.2. The van der Waals surface area contributed by atoms with Crippen LogP contribution in [-0.2, 0) is 23.7 Å². The molecule has 7 aromatic rings. The Morgan fingerprint density at radius 3 is 0.351 bits per heavy atom. The molecule has 0 unspecified atom stereocenters. The van der Waals surface area contributed by atoms with Gasteiger partial charge in [-0.25, -0.2) is 9.97 Å². The lowest BCUT2D eigenvalue weighted by Gasteiger charge is -2.42. The Bertz CT molecular complexity index is 5640. The van der Waals surface area contributed by atoms with Crippen LogP contribution in [0.2, 0.25) is 0 Å². The second kappa shape index (κ2) is 34.1. The Labute approximate surface area is 765 Å². The number of aromatic amines is 2. The number of hydrogen-bond acceptors (Lipinski definition) is 2. The van der Waals surface area contributed by atoms with Crippen molar-refractivity contribution in [3.8, 4) is 44.5 Å². The Morgan fingerprint density at radius 1 is 0.128 bits per heavy atom. The van der Waals surface area contributed by atoms with E-state index in [0.29, 0.717) is 0 Å². The van der Waals surface area contributed by atoms with Crippen molar-refractivity contribution in [3.63, 3.8) is 0 Å². The van der Waals surface area contributed by atoms with Crippen molar-refractivity contribution >= 4 is 46.4 Å². The second-order valence-corrected chi connectivity index (χ2v) is 30.9. The lowest BCUT2D eigenvalue weighted by Crippen LogP contribution is -2.74. The molecule has 0 saturated carbocycles. The zero-order chi connectivity index (χ0) is 115. The summed E-state index contributed by atoms with van der Waals surface area (Å²) >= 11 is 0. The lowest BCUT2D eigenvalue weighted by molar-refractivity contribution is -0.462. The van der Waals surface area contributed by atoms with Crippen molar-refractivity contribution < 1.29 is 299 Å². The van der Waals surface area contributed by atoms with E-state index >= 15 is 105 Å². The number of nitrogens with one attached hydrogen (secondary N) is 2. The summed E-state index contributed by atoms with van der Waals surface area (Å²) in [5, 5.41) is 0. The van der Waals surface area contributed by atoms with Gasteiger partial charge in [-0.2, -0.15) is 299 Å². The molecular formula is C76H26F68N4. The number of aromatic nitrogens is 4. The summed E-state index contributed by atoms with van der Waals surface area (Å²) in [4.78, 5) is 12.0. The van der Waals surface area contributed by atoms with Gasteiger partial charge in [-0.3, -0.25) is 0 Å². The Hall–Kier alpha value is -11.3. The molecule has 72 heteroatoms. The zero-order valence-corrected chi connectivity index (χ0v) is 67.5. The summed E-state index contributed by atoms with van der Waals surface area (Å²) in [7, 11) is 0. The number of halogens is 68. The van der Waals surface area contributed by atoms with E-state index in [4.69, 9.17) is 0 Å². The molecule has 9 rings (SSSR count). The first-order valence-corrected chi connectivity index (χ1v) is 36.7. The van der Waals surface area contributed by atoms with Crippen LogP contribution in [0.3, 0.4) is 0 Å². The van der Waals surface area contributed by atoms with Crippen molar-refractivity contribution in [3.05, 3.63) is 166 Å². The van der Waals surface area contributed by atoms with Crippen molar-refractivity contribution in [1.29, 1.82) is 0 Å². The number of alkyl halides is 68. The Balaban J connectivity index is 1.40. The van der Waals surface area contributed by atoms with Crippen molar-refractivity contribution in [1.82, 2.24) is 19.9 Å². The second-order valence-electron chi connectivity index (χ2n) is 30.9. The van der Waals surface area contributed by atoms with Gasteiger partial charge in [0.2, 0.25) is 0 Å². The molecule has 2 aliphatic heterocycles. The summed E-state index contributed by atoms with van der Waals surface area (Å²) in [6.45, 7) is 0. The molecule has 4 nitrogen and oxygen atoms in total. The molecule has 0 atom stereocenters. The minimum absolute atomic E-state index is 0.260. The molecule has 4 aromatic carbocycles. The number of H-pyrrole nitrogens is 2. The van der Waals surface area contributed by atoms with Crippen LogP contribution in [0, 0.1) is 0 Å². The molecule has 3 aromatic heterocycles. The maximum absolute atomic E-state index is 16.0. The average Bonchev–Trinajstić information content (AvgIpc) is 1.68. The summed E-state index contributed by atoms with van der Waals surface area (Å²) in [5.41, 5.74) is -34.0. The van der Waals surface area contributed by atoms with Gasteiger partial charge in [-0.1, -0.05) is 97.1 Å². The number of benzene rings is 4. The van der Waals surface area contributed by atoms with E-state index in [1.807, 2.05) is 0 Å². The van der Waals surface area contributed by atoms with Crippen molar-refractivity contribution in [2.24, 2.45) is 0 Å². The summed E-state index contributed by atoms with van der Waals surface area (Å²) in [6.07, 6.45) is -32.2. The summed E-state index contributed by atoms with van der Waals surface area (Å²) in [5.74, 6) is -247. The number of rotatable bonds is 32. The van der Waals surface area contributed by atoms with Crippen LogP contribution in [0.4, 0.5) is 299 Å². The van der Waals surface area contributed by atoms with E-state index in [1.165, 1.54) is 0 Å². The van der Waals surface area contributed by atoms with Gasteiger partial charge < -0.3 is 9.97 Å². The molecular weight excluding hydrogens is 2260 g/mol. The highest BCUT2D eigenvalue weighted by atomic mass is 19.5. The summed E-state index contributed by atoms with van der Waals surface area (Å²) in [6, 6.07) is -8.65. The van der Waals surface area contributed by atoms with Gasteiger partial charge in [0.15, 0.2) is 0 Å². The van der Waals surface area contributed by atoms with E-state index in [-0.39, 0.29) is 97.1 Å². The van der Waals surface area contributed by atoms with Crippen LogP contribution in [-0.4, -0.2) is 187 Å².